The third-order valence-electron chi connectivity index (χ3n) is 5.86. The van der Waals surface area contributed by atoms with Crippen LogP contribution in [0.1, 0.15) is 27.7 Å². The summed E-state index contributed by atoms with van der Waals surface area (Å²) in [4.78, 5) is 27.6. The van der Waals surface area contributed by atoms with Gasteiger partial charge in [0.1, 0.15) is 11.9 Å². The highest BCUT2D eigenvalue weighted by Crippen LogP contribution is 2.31. The van der Waals surface area contributed by atoms with Gasteiger partial charge in [0.05, 0.1) is 5.39 Å². The maximum atomic E-state index is 13.0. The molecular weight excluding hydrogens is 436 g/mol. The molecule has 0 fully saturated rings. The van der Waals surface area contributed by atoms with Crippen molar-refractivity contribution in [3.05, 3.63) is 92.5 Å². The average molecular weight is 461 g/mol. The van der Waals surface area contributed by atoms with E-state index in [9.17, 15) is 9.59 Å². The zero-order valence-corrected chi connectivity index (χ0v) is 19.0. The molecule has 7 nitrogen and oxygen atoms in total. The van der Waals surface area contributed by atoms with E-state index in [1.54, 1.807) is 42.6 Å². The van der Waals surface area contributed by atoms with Crippen molar-refractivity contribution < 1.29 is 9.53 Å². The number of benzene rings is 2. The summed E-state index contributed by atoms with van der Waals surface area (Å²) in [6.07, 6.45) is -0.0649. The van der Waals surface area contributed by atoms with Crippen molar-refractivity contribution in [1.82, 2.24) is 20.0 Å². The van der Waals surface area contributed by atoms with E-state index in [2.05, 4.69) is 38.2 Å². The second-order valence-electron chi connectivity index (χ2n) is 8.08. The Morgan fingerprint density at radius 3 is 2.76 bits per heavy atom. The fourth-order valence-corrected chi connectivity index (χ4v) is 4.86. The number of para-hydroxylation sites is 1. The Hall–Kier alpha value is -3.49. The molecule has 2 aromatic carbocycles. The Balaban J connectivity index is 1.31. The molecule has 0 spiro atoms. The lowest BCUT2D eigenvalue weighted by Gasteiger charge is -2.23. The van der Waals surface area contributed by atoms with Gasteiger partial charge in [-0.05, 0) is 29.0 Å². The molecule has 1 unspecified atom stereocenters. The van der Waals surface area contributed by atoms with Gasteiger partial charge in [-0.3, -0.25) is 14.5 Å². The summed E-state index contributed by atoms with van der Waals surface area (Å²) in [7, 11) is 1.56. The number of carbonyl (C=O) groups is 1. The van der Waals surface area contributed by atoms with Crippen LogP contribution in [0.2, 0.25) is 0 Å². The second-order valence-corrected chi connectivity index (χ2v) is 8.86. The van der Waals surface area contributed by atoms with E-state index in [1.165, 1.54) is 4.68 Å². The maximum Gasteiger partial charge on any atom is 0.274 e. The number of aryl methyl sites for hydroxylation is 1. The standard InChI is InChI=1S/C25H24N4O3S/c1-28-25(31)20-8-4-3-7-19(20)23(27-28)24(30)26-11-12-29-14-17-6-2-5-9-21(17)32-22(15-29)18-10-13-33-16-18/h2-10,13,16,22H,11-12,14-15H2,1H3,(H,26,30). The highest BCUT2D eigenvalue weighted by molar-refractivity contribution is 7.07. The van der Waals surface area contributed by atoms with Gasteiger partial charge in [-0.25, -0.2) is 4.68 Å². The minimum Gasteiger partial charge on any atom is -0.484 e. The first-order chi connectivity index (χ1) is 16.1. The third kappa shape index (κ3) is 4.40. The third-order valence-corrected chi connectivity index (χ3v) is 6.56. The van der Waals surface area contributed by atoms with Crippen molar-refractivity contribution in [2.75, 3.05) is 19.6 Å². The van der Waals surface area contributed by atoms with Crippen LogP contribution in [0.4, 0.5) is 0 Å². The topological polar surface area (TPSA) is 76.5 Å². The van der Waals surface area contributed by atoms with Gasteiger partial charge in [0.25, 0.3) is 11.5 Å². The molecule has 33 heavy (non-hydrogen) atoms. The number of amides is 1. The van der Waals surface area contributed by atoms with Crippen LogP contribution in [0.25, 0.3) is 10.8 Å². The largest absolute Gasteiger partial charge is 0.484 e. The molecule has 5 rings (SSSR count). The lowest BCUT2D eigenvalue weighted by atomic mass is 10.1. The van der Waals surface area contributed by atoms with Gasteiger partial charge in [0, 0.05) is 49.7 Å². The molecule has 0 saturated carbocycles. The number of nitrogens with zero attached hydrogens (tertiary/aromatic N) is 3. The molecule has 1 aliphatic rings. The SMILES string of the molecule is Cn1nc(C(=O)NCCN2Cc3ccccc3OC(c3ccsc3)C2)c2ccccc2c1=O. The molecule has 0 saturated heterocycles. The molecule has 1 aliphatic heterocycles. The van der Waals surface area contributed by atoms with Crippen LogP contribution in [0.15, 0.2) is 70.2 Å². The monoisotopic (exact) mass is 460 g/mol. The quantitative estimate of drug-likeness (QED) is 0.494. The number of nitrogens with one attached hydrogen (secondary N) is 1. The van der Waals surface area contributed by atoms with Crippen LogP contribution in [0.5, 0.6) is 5.75 Å². The lowest BCUT2D eigenvalue weighted by molar-refractivity contribution is 0.0938. The van der Waals surface area contributed by atoms with E-state index in [-0.39, 0.29) is 23.3 Å². The predicted molar refractivity (Wildman–Crippen MR) is 129 cm³/mol. The molecule has 0 radical (unpaired) electrons. The van der Waals surface area contributed by atoms with Gasteiger partial charge in [0.15, 0.2) is 5.69 Å². The maximum absolute atomic E-state index is 13.0. The first kappa shape index (κ1) is 21.4. The Morgan fingerprint density at radius 1 is 1.15 bits per heavy atom. The minimum atomic E-state index is -0.289. The fourth-order valence-electron chi connectivity index (χ4n) is 4.16. The molecule has 4 aromatic rings. The van der Waals surface area contributed by atoms with E-state index >= 15 is 0 Å². The number of carbonyl (C=O) groups excluding carboxylic acids is 1. The molecule has 0 bridgehead atoms. The van der Waals surface area contributed by atoms with Gasteiger partial charge < -0.3 is 10.1 Å². The molecule has 3 heterocycles. The first-order valence-electron chi connectivity index (χ1n) is 10.8. The summed E-state index contributed by atoms with van der Waals surface area (Å²) in [5.74, 6) is 0.615. The first-order valence-corrected chi connectivity index (χ1v) is 11.8. The Morgan fingerprint density at radius 2 is 1.94 bits per heavy atom. The number of rotatable bonds is 5. The molecule has 1 atom stereocenters. The van der Waals surface area contributed by atoms with E-state index in [0.717, 1.165) is 30.0 Å². The number of fused-ring (bicyclic) bond motifs is 2. The van der Waals surface area contributed by atoms with Crippen LogP contribution in [0.3, 0.4) is 0 Å². The van der Waals surface area contributed by atoms with Crippen LogP contribution in [-0.2, 0) is 13.6 Å². The average Bonchev–Trinajstić information content (AvgIpc) is 3.30. The normalized spacial score (nSPS) is 16.1. The predicted octanol–water partition coefficient (Wildman–Crippen LogP) is 3.36. The van der Waals surface area contributed by atoms with Crippen molar-refractivity contribution in [3.63, 3.8) is 0 Å². The Bertz CT molecular complexity index is 1350. The van der Waals surface area contributed by atoms with Crippen LogP contribution >= 0.6 is 11.3 Å². The molecule has 1 N–H and O–H groups in total. The van der Waals surface area contributed by atoms with Crippen LogP contribution < -0.4 is 15.6 Å². The Kier molecular flexibility index (Phi) is 5.93. The summed E-state index contributed by atoms with van der Waals surface area (Å²) in [6, 6.07) is 17.3. The summed E-state index contributed by atoms with van der Waals surface area (Å²) in [6.45, 7) is 2.58. The van der Waals surface area contributed by atoms with Gasteiger partial charge in [0.2, 0.25) is 0 Å². The van der Waals surface area contributed by atoms with E-state index in [0.29, 0.717) is 23.9 Å². The molecule has 168 valence electrons. The van der Waals surface area contributed by atoms with Crippen LogP contribution in [-0.4, -0.2) is 40.2 Å². The van der Waals surface area contributed by atoms with Gasteiger partial charge in [-0.15, -0.1) is 0 Å². The second kappa shape index (κ2) is 9.17. The molecular formula is C25H24N4O3S. The zero-order chi connectivity index (χ0) is 22.8. The van der Waals surface area contributed by atoms with Crippen molar-refractivity contribution >= 4 is 28.0 Å². The number of thiophene rings is 1. The smallest absolute Gasteiger partial charge is 0.274 e. The summed E-state index contributed by atoms with van der Waals surface area (Å²) in [5, 5.41) is 12.4. The zero-order valence-electron chi connectivity index (χ0n) is 18.2. The highest BCUT2D eigenvalue weighted by Gasteiger charge is 2.24. The van der Waals surface area contributed by atoms with Gasteiger partial charge in [-0.1, -0.05) is 36.4 Å². The van der Waals surface area contributed by atoms with E-state index in [1.807, 2.05) is 18.2 Å². The highest BCUT2D eigenvalue weighted by atomic mass is 32.1. The number of hydrogen-bond donors (Lipinski definition) is 1. The lowest BCUT2D eigenvalue weighted by Crippen LogP contribution is -2.37. The summed E-state index contributed by atoms with van der Waals surface area (Å²) >= 11 is 1.66. The number of hydrogen-bond acceptors (Lipinski definition) is 6. The van der Waals surface area contributed by atoms with E-state index in [4.69, 9.17) is 4.74 Å². The Labute approximate surface area is 195 Å². The van der Waals surface area contributed by atoms with E-state index < -0.39 is 0 Å². The number of ether oxygens (including phenoxy) is 1. The van der Waals surface area contributed by atoms with Gasteiger partial charge in [-0.2, -0.15) is 16.4 Å². The molecule has 8 heteroatoms. The molecule has 2 aromatic heterocycles. The van der Waals surface area contributed by atoms with Crippen molar-refractivity contribution in [2.45, 2.75) is 12.6 Å². The van der Waals surface area contributed by atoms with Gasteiger partial charge >= 0.3 is 0 Å². The minimum absolute atomic E-state index is 0.0649. The summed E-state index contributed by atoms with van der Waals surface area (Å²) in [5.41, 5.74) is 2.33. The fraction of sp³-hybridized carbons (Fsp3) is 0.240. The summed E-state index contributed by atoms with van der Waals surface area (Å²) < 4.78 is 7.55. The molecule has 1 amide bonds. The van der Waals surface area contributed by atoms with Crippen molar-refractivity contribution in [3.8, 4) is 5.75 Å². The van der Waals surface area contributed by atoms with Crippen LogP contribution in [0, 0.1) is 0 Å². The number of aromatic nitrogens is 2. The van der Waals surface area contributed by atoms with Crippen molar-refractivity contribution in [2.24, 2.45) is 7.05 Å². The van der Waals surface area contributed by atoms with Crippen molar-refractivity contribution in [1.29, 1.82) is 0 Å². The molecule has 0 aliphatic carbocycles.